The van der Waals surface area contributed by atoms with Crippen LogP contribution >= 0.6 is 0 Å². The largest absolute Gasteiger partial charge is 0.378 e. The van der Waals surface area contributed by atoms with Gasteiger partial charge in [-0.1, -0.05) is 6.07 Å². The van der Waals surface area contributed by atoms with Gasteiger partial charge in [0, 0.05) is 43.3 Å². The first-order valence-electron chi connectivity index (χ1n) is 12.7. The summed E-state index contributed by atoms with van der Waals surface area (Å²) in [6.07, 6.45) is 6.12. The monoisotopic (exact) mass is 452 g/mol. The number of likely N-dealkylation sites (tertiary alicyclic amines) is 1. The van der Waals surface area contributed by atoms with E-state index in [0.717, 1.165) is 64.1 Å². The number of Topliss-reactive ketones (excluding diaryl/α,β-unsaturated/α-hetero) is 1. The normalized spacial score (nSPS) is 34.3. The Morgan fingerprint density at radius 3 is 2.55 bits per heavy atom. The first-order valence-corrected chi connectivity index (χ1v) is 12.7. The summed E-state index contributed by atoms with van der Waals surface area (Å²) in [6, 6.07) is 9.52. The first kappa shape index (κ1) is 21.5. The lowest BCUT2D eigenvalue weighted by molar-refractivity contribution is -0.122. The summed E-state index contributed by atoms with van der Waals surface area (Å²) < 4.78 is 20.5. The summed E-state index contributed by atoms with van der Waals surface area (Å²) >= 11 is 0. The minimum atomic E-state index is -0.483. The smallest absolute Gasteiger partial charge is 0.151 e. The molecule has 2 unspecified atom stereocenters. The van der Waals surface area contributed by atoms with Crippen molar-refractivity contribution in [1.82, 2.24) is 10.2 Å². The Hall–Kier alpha value is -2.01. The number of hydrogen-bond acceptors (Lipinski definition) is 6. The molecule has 5 aliphatic rings. The van der Waals surface area contributed by atoms with Crippen molar-refractivity contribution in [3.8, 4) is 6.07 Å². The number of ketones is 1. The number of carbonyl (C=O) groups excluding carboxylic acids is 1. The van der Waals surface area contributed by atoms with Crippen molar-refractivity contribution in [2.24, 2.45) is 11.8 Å². The van der Waals surface area contributed by atoms with Gasteiger partial charge in [-0.25, -0.2) is 4.39 Å². The molecule has 7 heteroatoms. The van der Waals surface area contributed by atoms with E-state index in [4.69, 9.17) is 4.74 Å². The maximum atomic E-state index is 15.1. The lowest BCUT2D eigenvalue weighted by Gasteiger charge is -2.47. The van der Waals surface area contributed by atoms with E-state index in [0.29, 0.717) is 35.6 Å². The third-order valence-electron chi connectivity index (χ3n) is 8.79. The van der Waals surface area contributed by atoms with Crippen LogP contribution in [-0.4, -0.2) is 67.2 Å². The van der Waals surface area contributed by atoms with Crippen LogP contribution in [0.4, 0.5) is 10.1 Å². The summed E-state index contributed by atoms with van der Waals surface area (Å²) in [4.78, 5) is 17.8. The molecule has 0 aromatic heterocycles. The van der Waals surface area contributed by atoms with Crippen LogP contribution in [0, 0.1) is 29.0 Å². The predicted octanol–water partition coefficient (Wildman–Crippen LogP) is 2.66. The maximum Gasteiger partial charge on any atom is 0.151 e. The fourth-order valence-corrected chi connectivity index (χ4v) is 6.97. The van der Waals surface area contributed by atoms with Gasteiger partial charge >= 0.3 is 0 Å². The first-order chi connectivity index (χ1) is 16.1. The Balaban J connectivity index is 1.10. The summed E-state index contributed by atoms with van der Waals surface area (Å²) in [7, 11) is 0. The standard InChI is InChI=1S/C26H33FN4O2/c27-24-10-20(31-21-5-6-22(31)13-30(12-21)23-14-33-15-23)4-2-17(24)7-16(11-28)8-25(32)26-18-1-3-19(9-18)29-26/h2,4,10,16,18-19,21-23,26,29H,1,3,5-9,12-15H2/t16-,18+,19-,21?,22?,26+/m1/s1. The second-order valence-corrected chi connectivity index (χ2v) is 10.8. The van der Waals surface area contributed by atoms with Crippen molar-refractivity contribution in [3.63, 3.8) is 0 Å². The van der Waals surface area contributed by atoms with Gasteiger partial charge in [0.2, 0.25) is 0 Å². The highest BCUT2D eigenvalue weighted by molar-refractivity contribution is 5.85. The highest BCUT2D eigenvalue weighted by Gasteiger charge is 2.44. The Morgan fingerprint density at radius 1 is 1.18 bits per heavy atom. The van der Waals surface area contributed by atoms with Crippen molar-refractivity contribution in [1.29, 1.82) is 5.26 Å². The third kappa shape index (κ3) is 3.96. The highest BCUT2D eigenvalue weighted by Crippen LogP contribution is 2.38. The summed E-state index contributed by atoms with van der Waals surface area (Å²) in [6.45, 7) is 3.71. The zero-order chi connectivity index (χ0) is 22.5. The van der Waals surface area contributed by atoms with Crippen LogP contribution in [0.2, 0.25) is 0 Å². The Bertz CT molecular complexity index is 946. The van der Waals surface area contributed by atoms with Crippen LogP contribution in [0.3, 0.4) is 0 Å². The van der Waals surface area contributed by atoms with E-state index in [9.17, 15) is 10.1 Å². The van der Waals surface area contributed by atoms with Crippen LogP contribution in [0.25, 0.3) is 0 Å². The molecule has 5 fully saturated rings. The number of nitriles is 1. The van der Waals surface area contributed by atoms with Gasteiger partial charge in [-0.2, -0.15) is 5.26 Å². The van der Waals surface area contributed by atoms with E-state index in [1.165, 1.54) is 0 Å². The zero-order valence-corrected chi connectivity index (χ0v) is 19.1. The number of carbonyl (C=O) groups is 1. The molecule has 4 aliphatic heterocycles. The van der Waals surface area contributed by atoms with E-state index in [1.54, 1.807) is 6.07 Å². The molecule has 4 heterocycles. The fraction of sp³-hybridized carbons (Fsp3) is 0.692. The number of hydrogen-bond donors (Lipinski definition) is 1. The molecule has 1 aromatic carbocycles. The molecule has 33 heavy (non-hydrogen) atoms. The molecule has 0 spiro atoms. The van der Waals surface area contributed by atoms with Gasteiger partial charge in [-0.05, 0) is 62.1 Å². The molecular weight excluding hydrogens is 419 g/mol. The topological polar surface area (TPSA) is 68.6 Å². The van der Waals surface area contributed by atoms with E-state index in [2.05, 4.69) is 21.2 Å². The van der Waals surface area contributed by atoms with Crippen molar-refractivity contribution < 1.29 is 13.9 Å². The van der Waals surface area contributed by atoms with Crippen molar-refractivity contribution in [3.05, 3.63) is 29.6 Å². The van der Waals surface area contributed by atoms with Gasteiger partial charge in [-0.15, -0.1) is 0 Å². The van der Waals surface area contributed by atoms with Crippen molar-refractivity contribution >= 4 is 11.5 Å². The molecule has 1 aliphatic carbocycles. The molecule has 4 bridgehead atoms. The Kier molecular flexibility index (Phi) is 5.64. The summed E-state index contributed by atoms with van der Waals surface area (Å²) in [5.41, 5.74) is 1.49. The summed E-state index contributed by atoms with van der Waals surface area (Å²) in [5.74, 6) is -0.196. The van der Waals surface area contributed by atoms with Crippen LogP contribution in [0.1, 0.15) is 44.1 Å². The van der Waals surface area contributed by atoms with Gasteiger partial charge in [-0.3, -0.25) is 9.69 Å². The average Bonchev–Trinajstić information content (AvgIpc) is 3.47. The van der Waals surface area contributed by atoms with E-state index in [-0.39, 0.29) is 30.5 Å². The van der Waals surface area contributed by atoms with Gasteiger partial charge in [0.05, 0.1) is 37.3 Å². The molecule has 6 nitrogen and oxygen atoms in total. The molecule has 176 valence electrons. The number of fused-ring (bicyclic) bond motifs is 4. The molecule has 6 atom stereocenters. The zero-order valence-electron chi connectivity index (χ0n) is 19.1. The highest BCUT2D eigenvalue weighted by atomic mass is 19.1. The van der Waals surface area contributed by atoms with Crippen LogP contribution in [-0.2, 0) is 16.0 Å². The van der Waals surface area contributed by atoms with Gasteiger partial charge < -0.3 is 15.0 Å². The molecule has 6 rings (SSSR count). The van der Waals surface area contributed by atoms with Crippen LogP contribution < -0.4 is 10.2 Å². The van der Waals surface area contributed by atoms with Gasteiger partial charge in [0.1, 0.15) is 5.82 Å². The second kappa shape index (κ2) is 8.65. The summed E-state index contributed by atoms with van der Waals surface area (Å²) in [5, 5.41) is 13.1. The Morgan fingerprint density at radius 2 is 1.97 bits per heavy atom. The predicted molar refractivity (Wildman–Crippen MR) is 122 cm³/mol. The number of piperidine rings is 1. The number of anilines is 1. The number of nitrogens with one attached hydrogen (secondary N) is 1. The lowest BCUT2D eigenvalue weighted by Crippen LogP contribution is -2.60. The molecule has 4 saturated heterocycles. The average molecular weight is 453 g/mol. The quantitative estimate of drug-likeness (QED) is 0.686. The number of benzene rings is 1. The minimum Gasteiger partial charge on any atom is -0.378 e. The molecule has 1 saturated carbocycles. The molecular formula is C26H33FN4O2. The van der Waals surface area contributed by atoms with Crippen LogP contribution in [0.5, 0.6) is 0 Å². The lowest BCUT2D eigenvalue weighted by atomic mass is 9.88. The van der Waals surface area contributed by atoms with Gasteiger partial charge in [0.15, 0.2) is 5.78 Å². The second-order valence-electron chi connectivity index (χ2n) is 10.8. The van der Waals surface area contributed by atoms with E-state index >= 15 is 4.39 Å². The number of rotatable bonds is 7. The molecule has 0 radical (unpaired) electrons. The van der Waals surface area contributed by atoms with Crippen molar-refractivity contribution in [2.45, 2.75) is 75.2 Å². The number of halogens is 1. The fourth-order valence-electron chi connectivity index (χ4n) is 6.97. The third-order valence-corrected chi connectivity index (χ3v) is 8.79. The minimum absolute atomic E-state index is 0.104. The number of piperazine rings is 1. The van der Waals surface area contributed by atoms with Crippen molar-refractivity contribution in [2.75, 3.05) is 31.2 Å². The molecule has 1 N–H and O–H groups in total. The number of ether oxygens (including phenoxy) is 1. The van der Waals surface area contributed by atoms with Crippen LogP contribution in [0.15, 0.2) is 18.2 Å². The maximum absolute atomic E-state index is 15.1. The van der Waals surface area contributed by atoms with Gasteiger partial charge in [0.25, 0.3) is 0 Å². The molecule has 0 amide bonds. The molecule has 1 aromatic rings. The van der Waals surface area contributed by atoms with E-state index < -0.39 is 5.92 Å². The SMILES string of the molecule is N#C[C@@H](CC(=O)[C@H]1N[C@@H]2CC[C@H]1C2)Cc1ccc(N2C3CCC2CN(C2COC2)C3)cc1F. The van der Waals surface area contributed by atoms with E-state index in [1.807, 2.05) is 12.1 Å². The number of nitrogens with zero attached hydrogens (tertiary/aromatic N) is 3. The Labute approximate surface area is 195 Å².